The fourth-order valence-electron chi connectivity index (χ4n) is 4.57. The van der Waals surface area contributed by atoms with E-state index in [1.165, 1.54) is 18.2 Å². The highest BCUT2D eigenvalue weighted by Crippen LogP contribution is 2.45. The van der Waals surface area contributed by atoms with Gasteiger partial charge in [0.25, 0.3) is 0 Å². The smallest absolute Gasteiger partial charge is 0.308 e. The molecule has 1 unspecified atom stereocenters. The zero-order chi connectivity index (χ0) is 23.2. The summed E-state index contributed by atoms with van der Waals surface area (Å²) in [4.78, 5) is 14.8. The number of amides is 1. The molecule has 0 aliphatic carbocycles. The van der Waals surface area contributed by atoms with E-state index in [1.807, 2.05) is 36.4 Å². The van der Waals surface area contributed by atoms with Gasteiger partial charge in [-0.15, -0.1) is 0 Å². The minimum absolute atomic E-state index is 0.0799. The summed E-state index contributed by atoms with van der Waals surface area (Å²) in [6, 6.07) is 22.8. The quantitative estimate of drug-likeness (QED) is 0.307. The molecule has 1 heterocycles. The lowest BCUT2D eigenvalue weighted by molar-refractivity contribution is -0.137. The lowest BCUT2D eigenvalue weighted by Crippen LogP contribution is -2.36. The first-order valence-corrected chi connectivity index (χ1v) is 10.6. The zero-order valence-electron chi connectivity index (χ0n) is 17.4. The zero-order valence-corrected chi connectivity index (χ0v) is 17.4. The molecular formula is C27H19F4NO. The van der Waals surface area contributed by atoms with Crippen molar-refractivity contribution in [3.8, 4) is 0 Å². The molecule has 6 heteroatoms. The van der Waals surface area contributed by atoms with Crippen molar-refractivity contribution < 1.29 is 22.4 Å². The Hall–Kier alpha value is -3.67. The fraction of sp³-hybridized carbons (Fsp3) is 0.148. The average molecular weight is 449 g/mol. The van der Waals surface area contributed by atoms with Crippen LogP contribution in [0.3, 0.4) is 0 Å². The van der Waals surface area contributed by atoms with E-state index >= 15 is 0 Å². The van der Waals surface area contributed by atoms with Crippen LogP contribution in [0.2, 0.25) is 0 Å². The number of hydrogen-bond donors (Lipinski definition) is 0. The summed E-state index contributed by atoms with van der Waals surface area (Å²) >= 11 is 0. The molecule has 166 valence electrons. The van der Waals surface area contributed by atoms with Crippen LogP contribution in [0.4, 0.5) is 23.2 Å². The molecule has 4 aromatic rings. The maximum Gasteiger partial charge on any atom is 0.416 e. The van der Waals surface area contributed by atoms with Crippen LogP contribution in [0.15, 0.2) is 84.9 Å². The van der Waals surface area contributed by atoms with E-state index in [0.717, 1.165) is 28.5 Å². The van der Waals surface area contributed by atoms with Crippen molar-refractivity contribution in [1.82, 2.24) is 0 Å². The molecule has 0 N–H and O–H groups in total. The molecule has 0 spiro atoms. The largest absolute Gasteiger partial charge is 0.416 e. The van der Waals surface area contributed by atoms with Gasteiger partial charge in [0.1, 0.15) is 5.82 Å². The maximum absolute atomic E-state index is 14.3. The Balaban J connectivity index is 1.65. The van der Waals surface area contributed by atoms with Crippen molar-refractivity contribution >= 4 is 22.4 Å². The minimum Gasteiger partial charge on any atom is -0.308 e. The molecule has 1 amide bonds. The van der Waals surface area contributed by atoms with Gasteiger partial charge in [-0.1, -0.05) is 60.7 Å². The Labute approximate surface area is 188 Å². The van der Waals surface area contributed by atoms with Crippen molar-refractivity contribution in [2.75, 3.05) is 4.90 Å². The van der Waals surface area contributed by atoms with E-state index in [4.69, 9.17) is 0 Å². The van der Waals surface area contributed by atoms with Gasteiger partial charge in [0, 0.05) is 23.6 Å². The topological polar surface area (TPSA) is 20.3 Å². The van der Waals surface area contributed by atoms with Gasteiger partial charge in [-0.3, -0.25) is 4.79 Å². The molecule has 33 heavy (non-hydrogen) atoms. The Morgan fingerprint density at radius 3 is 2.27 bits per heavy atom. The van der Waals surface area contributed by atoms with Gasteiger partial charge >= 0.3 is 6.18 Å². The summed E-state index contributed by atoms with van der Waals surface area (Å²) in [6.45, 7) is 0.0799. The molecule has 0 saturated carbocycles. The molecule has 0 fully saturated rings. The highest BCUT2D eigenvalue weighted by Gasteiger charge is 2.35. The molecule has 2 nitrogen and oxygen atoms in total. The van der Waals surface area contributed by atoms with Crippen LogP contribution in [0.5, 0.6) is 0 Å². The summed E-state index contributed by atoms with van der Waals surface area (Å²) in [5.41, 5.74) is 1.83. The minimum atomic E-state index is -4.43. The van der Waals surface area contributed by atoms with E-state index in [9.17, 15) is 22.4 Å². The molecular weight excluding hydrogens is 430 g/mol. The molecule has 1 aliphatic heterocycles. The van der Waals surface area contributed by atoms with E-state index in [1.54, 1.807) is 23.1 Å². The van der Waals surface area contributed by atoms with Crippen molar-refractivity contribution in [2.24, 2.45) is 0 Å². The van der Waals surface area contributed by atoms with Crippen molar-refractivity contribution in [3.05, 3.63) is 113 Å². The van der Waals surface area contributed by atoms with Crippen LogP contribution < -0.4 is 4.90 Å². The second-order valence-electron chi connectivity index (χ2n) is 8.17. The predicted octanol–water partition coefficient (Wildman–Crippen LogP) is 7.07. The summed E-state index contributed by atoms with van der Waals surface area (Å²) in [5.74, 6) is -0.999. The van der Waals surface area contributed by atoms with Gasteiger partial charge in [0.05, 0.1) is 12.1 Å². The molecule has 0 aromatic heterocycles. The number of rotatable bonds is 3. The number of hydrogen-bond acceptors (Lipinski definition) is 1. The van der Waals surface area contributed by atoms with Gasteiger partial charge in [0.2, 0.25) is 5.91 Å². The SMILES string of the molecule is O=C1CC(c2ccc(C(F)(F)F)cc2)c2c(ccc3ccccc23)N1Cc1ccccc1F. The van der Waals surface area contributed by atoms with Crippen LogP contribution in [0.25, 0.3) is 10.8 Å². The van der Waals surface area contributed by atoms with Gasteiger partial charge in [0.15, 0.2) is 0 Å². The highest BCUT2D eigenvalue weighted by atomic mass is 19.4. The molecule has 1 atom stereocenters. The number of carbonyl (C=O) groups is 1. The first kappa shape index (κ1) is 21.2. The average Bonchev–Trinajstić information content (AvgIpc) is 2.81. The van der Waals surface area contributed by atoms with E-state index in [-0.39, 0.29) is 18.9 Å². The summed E-state index contributed by atoms with van der Waals surface area (Å²) in [5, 5.41) is 1.89. The van der Waals surface area contributed by atoms with Gasteiger partial charge in [-0.05, 0) is 46.2 Å². The standard InChI is InChI=1S/C27H19F4NO/c28-23-8-4-2-6-19(23)16-32-24-14-11-17-5-1-3-7-21(17)26(24)22(15-25(32)33)18-9-12-20(13-10-18)27(29,30)31/h1-14,22H,15-16H2. The summed E-state index contributed by atoms with van der Waals surface area (Å²) in [6.07, 6.45) is -4.34. The Bertz CT molecular complexity index is 1340. The summed E-state index contributed by atoms with van der Waals surface area (Å²) < 4.78 is 53.6. The van der Waals surface area contributed by atoms with Crippen molar-refractivity contribution in [1.29, 1.82) is 0 Å². The van der Waals surface area contributed by atoms with Crippen molar-refractivity contribution in [2.45, 2.75) is 25.1 Å². The van der Waals surface area contributed by atoms with E-state index < -0.39 is 23.5 Å². The predicted molar refractivity (Wildman–Crippen MR) is 119 cm³/mol. The fourth-order valence-corrected chi connectivity index (χ4v) is 4.57. The second kappa shape index (κ2) is 8.03. The number of nitrogens with zero attached hydrogens (tertiary/aromatic N) is 1. The number of carbonyl (C=O) groups excluding carboxylic acids is 1. The van der Waals surface area contributed by atoms with Crippen LogP contribution in [-0.2, 0) is 17.5 Å². The van der Waals surface area contributed by atoms with Crippen LogP contribution >= 0.6 is 0 Å². The Morgan fingerprint density at radius 1 is 0.848 bits per heavy atom. The highest BCUT2D eigenvalue weighted by molar-refractivity contribution is 6.03. The molecule has 0 bridgehead atoms. The van der Waals surface area contributed by atoms with E-state index in [0.29, 0.717) is 16.8 Å². The molecule has 0 saturated heterocycles. The third kappa shape index (κ3) is 3.86. The normalized spacial score (nSPS) is 16.2. The number of alkyl halides is 3. The third-order valence-corrected chi connectivity index (χ3v) is 6.19. The van der Waals surface area contributed by atoms with Crippen LogP contribution in [0, 0.1) is 5.82 Å². The van der Waals surface area contributed by atoms with E-state index in [2.05, 4.69) is 0 Å². The monoisotopic (exact) mass is 449 g/mol. The first-order chi connectivity index (χ1) is 15.8. The summed E-state index contributed by atoms with van der Waals surface area (Å²) in [7, 11) is 0. The lowest BCUT2D eigenvalue weighted by Gasteiger charge is -2.35. The second-order valence-corrected chi connectivity index (χ2v) is 8.17. The molecule has 0 radical (unpaired) electrons. The van der Waals surface area contributed by atoms with Gasteiger partial charge in [-0.25, -0.2) is 4.39 Å². The Kier molecular flexibility index (Phi) is 5.16. The number of halogens is 4. The van der Waals surface area contributed by atoms with Crippen LogP contribution in [0.1, 0.15) is 34.6 Å². The first-order valence-electron chi connectivity index (χ1n) is 10.6. The molecule has 4 aromatic carbocycles. The molecule has 5 rings (SSSR count). The third-order valence-electron chi connectivity index (χ3n) is 6.19. The number of anilines is 1. The van der Waals surface area contributed by atoms with Crippen LogP contribution in [-0.4, -0.2) is 5.91 Å². The van der Waals surface area contributed by atoms with Crippen molar-refractivity contribution in [3.63, 3.8) is 0 Å². The number of fused-ring (bicyclic) bond motifs is 3. The molecule has 1 aliphatic rings. The maximum atomic E-state index is 14.3. The van der Waals surface area contributed by atoms with Gasteiger partial charge < -0.3 is 4.90 Å². The van der Waals surface area contributed by atoms with Gasteiger partial charge in [-0.2, -0.15) is 13.2 Å². The Morgan fingerprint density at radius 2 is 1.55 bits per heavy atom. The lowest BCUT2D eigenvalue weighted by atomic mass is 9.81. The number of benzene rings is 4.